The fourth-order valence-electron chi connectivity index (χ4n) is 2.12. The van der Waals surface area contributed by atoms with Crippen molar-refractivity contribution in [3.8, 4) is 0 Å². The van der Waals surface area contributed by atoms with Gasteiger partial charge >= 0.3 is 0 Å². The minimum absolute atomic E-state index is 0.0120. The van der Waals surface area contributed by atoms with Gasteiger partial charge in [0.25, 0.3) is 0 Å². The summed E-state index contributed by atoms with van der Waals surface area (Å²) in [6.07, 6.45) is 1.79. The number of amides is 1. The molecule has 19 heavy (non-hydrogen) atoms. The normalized spacial score (nSPS) is 12.1. The van der Waals surface area contributed by atoms with Crippen molar-refractivity contribution in [1.29, 1.82) is 0 Å². The summed E-state index contributed by atoms with van der Waals surface area (Å²) in [7, 11) is 3.99. The van der Waals surface area contributed by atoms with Gasteiger partial charge in [0.05, 0.1) is 5.92 Å². The van der Waals surface area contributed by atoms with Crippen LogP contribution < -0.4 is 16.0 Å². The highest BCUT2D eigenvalue weighted by Gasteiger charge is 2.16. The number of nitrogens with two attached hydrogens (primary N) is 1. The van der Waals surface area contributed by atoms with Gasteiger partial charge in [-0.15, -0.1) is 0 Å². The molecule has 4 nitrogen and oxygen atoms in total. The summed E-state index contributed by atoms with van der Waals surface area (Å²) in [6, 6.07) is 5.94. The molecule has 0 aromatic heterocycles. The number of rotatable bonds is 6. The number of hydrogen-bond acceptors (Lipinski definition) is 3. The van der Waals surface area contributed by atoms with Gasteiger partial charge in [-0.05, 0) is 31.0 Å². The van der Waals surface area contributed by atoms with Crippen LogP contribution in [0.3, 0.4) is 0 Å². The van der Waals surface area contributed by atoms with E-state index in [9.17, 15) is 4.79 Å². The van der Waals surface area contributed by atoms with E-state index >= 15 is 0 Å². The van der Waals surface area contributed by atoms with Crippen LogP contribution >= 0.6 is 0 Å². The molecule has 0 aliphatic carbocycles. The van der Waals surface area contributed by atoms with E-state index in [1.807, 2.05) is 37.2 Å². The Bertz CT molecular complexity index is 429. The lowest BCUT2D eigenvalue weighted by Crippen LogP contribution is -2.29. The van der Waals surface area contributed by atoms with Crippen LogP contribution in [0.5, 0.6) is 0 Å². The number of hydrogen-bond donors (Lipinski definition) is 2. The Balaban J connectivity index is 2.82. The Hall–Kier alpha value is -1.55. The average molecular weight is 263 g/mol. The smallest absolute Gasteiger partial charge is 0.228 e. The molecule has 0 aliphatic rings. The highest BCUT2D eigenvalue weighted by atomic mass is 16.1. The highest BCUT2D eigenvalue weighted by molar-refractivity contribution is 5.93. The van der Waals surface area contributed by atoms with Crippen molar-refractivity contribution in [2.75, 3.05) is 30.9 Å². The van der Waals surface area contributed by atoms with Crippen LogP contribution in [0.2, 0.25) is 0 Å². The zero-order chi connectivity index (χ0) is 14.4. The fraction of sp³-hybridized carbons (Fsp3) is 0.533. The second kappa shape index (κ2) is 7.14. The molecule has 0 saturated carbocycles. The summed E-state index contributed by atoms with van der Waals surface area (Å²) >= 11 is 0. The van der Waals surface area contributed by atoms with Gasteiger partial charge in [-0.2, -0.15) is 0 Å². The molecule has 0 saturated heterocycles. The summed E-state index contributed by atoms with van der Waals surface area (Å²) in [5, 5.41) is 2.95. The van der Waals surface area contributed by atoms with Gasteiger partial charge in [0.15, 0.2) is 0 Å². The Morgan fingerprint density at radius 3 is 2.63 bits per heavy atom. The molecule has 0 bridgehead atoms. The predicted octanol–water partition coefficient (Wildman–Crippen LogP) is 2.37. The first kappa shape index (κ1) is 15.5. The van der Waals surface area contributed by atoms with Gasteiger partial charge in [0, 0.05) is 32.0 Å². The molecule has 0 fully saturated rings. The quantitative estimate of drug-likeness (QED) is 0.828. The summed E-state index contributed by atoms with van der Waals surface area (Å²) in [5.74, 6) is -0.0907. The number of aryl methyl sites for hydroxylation is 1. The zero-order valence-electron chi connectivity index (χ0n) is 12.4. The van der Waals surface area contributed by atoms with E-state index in [-0.39, 0.29) is 11.8 Å². The Kier molecular flexibility index (Phi) is 5.83. The number of carbonyl (C=O) groups excluding carboxylic acids is 1. The van der Waals surface area contributed by atoms with Crippen molar-refractivity contribution in [1.82, 2.24) is 0 Å². The lowest BCUT2D eigenvalue weighted by atomic mass is 10.0. The van der Waals surface area contributed by atoms with Crippen molar-refractivity contribution in [2.45, 2.75) is 26.7 Å². The Labute approximate surface area is 116 Å². The van der Waals surface area contributed by atoms with E-state index in [1.54, 1.807) is 0 Å². The molecule has 1 atom stereocenters. The van der Waals surface area contributed by atoms with Gasteiger partial charge in [-0.3, -0.25) is 4.79 Å². The average Bonchev–Trinajstić information content (AvgIpc) is 2.37. The third-order valence-corrected chi connectivity index (χ3v) is 3.25. The molecular formula is C15H25N3O. The number of benzene rings is 1. The molecule has 1 rings (SSSR count). The zero-order valence-corrected chi connectivity index (χ0v) is 12.4. The monoisotopic (exact) mass is 263 g/mol. The van der Waals surface area contributed by atoms with Crippen LogP contribution in [-0.2, 0) is 4.79 Å². The number of nitrogens with one attached hydrogen (secondary N) is 1. The molecule has 1 amide bonds. The van der Waals surface area contributed by atoms with Crippen LogP contribution in [0, 0.1) is 12.8 Å². The maximum Gasteiger partial charge on any atom is 0.228 e. The van der Waals surface area contributed by atoms with Crippen LogP contribution in [-0.4, -0.2) is 26.5 Å². The van der Waals surface area contributed by atoms with E-state index in [1.165, 1.54) is 5.56 Å². The molecule has 0 aliphatic heterocycles. The minimum atomic E-state index is -0.103. The molecular weight excluding hydrogens is 238 g/mol. The van der Waals surface area contributed by atoms with Crippen molar-refractivity contribution in [3.05, 3.63) is 23.8 Å². The maximum atomic E-state index is 12.1. The van der Waals surface area contributed by atoms with E-state index in [2.05, 4.69) is 19.2 Å². The summed E-state index contributed by atoms with van der Waals surface area (Å²) in [4.78, 5) is 14.1. The van der Waals surface area contributed by atoms with E-state index in [0.717, 1.165) is 24.2 Å². The van der Waals surface area contributed by atoms with Gasteiger partial charge < -0.3 is 16.0 Å². The lowest BCUT2D eigenvalue weighted by molar-refractivity contribution is -0.119. The molecule has 4 heteroatoms. The second-order valence-corrected chi connectivity index (χ2v) is 5.11. The SMILES string of the molecule is CCCC(CN)C(=O)Nc1ccc(C)c(N(C)C)c1. The Morgan fingerprint density at radius 2 is 2.11 bits per heavy atom. The fourth-order valence-corrected chi connectivity index (χ4v) is 2.12. The molecule has 3 N–H and O–H groups in total. The maximum absolute atomic E-state index is 12.1. The van der Waals surface area contributed by atoms with Crippen molar-refractivity contribution >= 4 is 17.3 Å². The molecule has 106 valence electrons. The van der Waals surface area contributed by atoms with Crippen LogP contribution in [0.15, 0.2) is 18.2 Å². The number of carbonyl (C=O) groups is 1. The first-order chi connectivity index (χ1) is 8.99. The standard InChI is InChI=1S/C15H25N3O/c1-5-6-12(10-16)15(19)17-13-8-7-11(2)14(9-13)18(3)4/h7-9,12H,5-6,10,16H2,1-4H3,(H,17,19). The summed E-state index contributed by atoms with van der Waals surface area (Å²) in [5.41, 5.74) is 8.77. The number of nitrogens with zero attached hydrogens (tertiary/aromatic N) is 1. The van der Waals surface area contributed by atoms with E-state index in [0.29, 0.717) is 6.54 Å². The third-order valence-electron chi connectivity index (χ3n) is 3.25. The largest absolute Gasteiger partial charge is 0.377 e. The molecule has 1 unspecified atom stereocenters. The van der Waals surface area contributed by atoms with Gasteiger partial charge in [-0.1, -0.05) is 19.4 Å². The van der Waals surface area contributed by atoms with Gasteiger partial charge in [0.2, 0.25) is 5.91 Å². The summed E-state index contributed by atoms with van der Waals surface area (Å²) < 4.78 is 0. The topological polar surface area (TPSA) is 58.4 Å². The van der Waals surface area contributed by atoms with Crippen LogP contribution in [0.25, 0.3) is 0 Å². The number of anilines is 2. The minimum Gasteiger partial charge on any atom is -0.377 e. The predicted molar refractivity (Wildman–Crippen MR) is 81.6 cm³/mol. The Morgan fingerprint density at radius 1 is 1.42 bits per heavy atom. The second-order valence-electron chi connectivity index (χ2n) is 5.11. The molecule has 0 radical (unpaired) electrons. The highest BCUT2D eigenvalue weighted by Crippen LogP contribution is 2.23. The first-order valence-electron chi connectivity index (χ1n) is 6.78. The van der Waals surface area contributed by atoms with E-state index < -0.39 is 0 Å². The third kappa shape index (κ3) is 4.24. The van der Waals surface area contributed by atoms with Gasteiger partial charge in [-0.25, -0.2) is 0 Å². The molecule has 1 aromatic rings. The first-order valence-corrected chi connectivity index (χ1v) is 6.78. The van der Waals surface area contributed by atoms with Gasteiger partial charge in [0.1, 0.15) is 0 Å². The van der Waals surface area contributed by atoms with E-state index in [4.69, 9.17) is 5.73 Å². The molecule has 0 heterocycles. The van der Waals surface area contributed by atoms with Crippen molar-refractivity contribution in [3.63, 3.8) is 0 Å². The van der Waals surface area contributed by atoms with Crippen LogP contribution in [0.1, 0.15) is 25.3 Å². The molecule has 1 aromatic carbocycles. The van der Waals surface area contributed by atoms with Crippen LogP contribution in [0.4, 0.5) is 11.4 Å². The summed E-state index contributed by atoms with van der Waals surface area (Å²) in [6.45, 7) is 4.51. The lowest BCUT2D eigenvalue weighted by Gasteiger charge is -2.18. The molecule has 0 spiro atoms. The van der Waals surface area contributed by atoms with Crippen molar-refractivity contribution < 1.29 is 4.79 Å². The van der Waals surface area contributed by atoms with Crippen molar-refractivity contribution in [2.24, 2.45) is 11.7 Å².